The molecule has 0 aliphatic heterocycles. The van der Waals surface area contributed by atoms with Crippen molar-refractivity contribution in [3.05, 3.63) is 35.4 Å². The second-order valence-electron chi connectivity index (χ2n) is 5.62. The molecule has 1 aromatic rings. The molecule has 0 heterocycles. The van der Waals surface area contributed by atoms with Crippen LogP contribution in [0.15, 0.2) is 24.3 Å². The molecule has 0 radical (unpaired) electrons. The molecule has 0 amide bonds. The zero-order chi connectivity index (χ0) is 14.6. The molecule has 0 saturated heterocycles. The molecule has 20 heavy (non-hydrogen) atoms. The minimum absolute atomic E-state index is 0.549. The van der Waals surface area contributed by atoms with E-state index in [1.165, 1.54) is 12.0 Å². The molecule has 1 nitrogen and oxygen atoms in total. The molecule has 1 saturated carbocycles. The minimum Gasteiger partial charge on any atom is -0.310 e. The summed E-state index contributed by atoms with van der Waals surface area (Å²) in [6.45, 7) is 2.57. The third-order valence-corrected chi connectivity index (χ3v) is 3.97. The lowest BCUT2D eigenvalue weighted by molar-refractivity contribution is -0.140. The van der Waals surface area contributed by atoms with E-state index in [9.17, 15) is 13.2 Å². The first-order chi connectivity index (χ1) is 9.49. The molecule has 1 N–H and O–H groups in total. The van der Waals surface area contributed by atoms with Crippen molar-refractivity contribution in [1.29, 1.82) is 0 Å². The van der Waals surface area contributed by atoms with E-state index >= 15 is 0 Å². The number of nitrogens with one attached hydrogen (secondary N) is 1. The summed E-state index contributed by atoms with van der Waals surface area (Å²) >= 11 is 0. The molecule has 1 aliphatic carbocycles. The molecule has 0 spiro atoms. The van der Waals surface area contributed by atoms with E-state index in [4.69, 9.17) is 0 Å². The summed E-state index contributed by atoms with van der Waals surface area (Å²) in [4.78, 5) is 0. The molecule has 1 aromatic carbocycles. The molecular weight excluding hydrogens is 263 g/mol. The van der Waals surface area contributed by atoms with Gasteiger partial charge in [0.25, 0.3) is 0 Å². The van der Waals surface area contributed by atoms with Gasteiger partial charge in [-0.25, -0.2) is 0 Å². The van der Waals surface area contributed by atoms with E-state index < -0.39 is 18.6 Å². The third-order valence-electron chi connectivity index (χ3n) is 3.97. The Morgan fingerprint density at radius 3 is 2.60 bits per heavy atom. The van der Waals surface area contributed by atoms with E-state index in [0.717, 1.165) is 24.8 Å². The fourth-order valence-electron chi connectivity index (χ4n) is 2.63. The van der Waals surface area contributed by atoms with Crippen molar-refractivity contribution < 1.29 is 13.2 Å². The Morgan fingerprint density at radius 2 is 2.05 bits per heavy atom. The summed E-state index contributed by atoms with van der Waals surface area (Å²) in [5.74, 6) is 0.549. The standard InChI is InChI=1S/C16H22F3N/c1-2-9-20-15(11-16(17,18)19)14-8-4-7-13(10-14)12-5-3-6-12/h4,7-8,10,12,15,20H,2-3,5-6,9,11H2,1H3. The first kappa shape index (κ1) is 15.4. The molecular formula is C16H22F3N. The fraction of sp³-hybridized carbons (Fsp3) is 0.625. The van der Waals surface area contributed by atoms with E-state index in [1.807, 2.05) is 25.1 Å². The van der Waals surface area contributed by atoms with E-state index in [1.54, 1.807) is 6.07 Å². The monoisotopic (exact) mass is 285 g/mol. The van der Waals surface area contributed by atoms with Gasteiger partial charge in [-0.1, -0.05) is 37.6 Å². The molecule has 1 aliphatic rings. The van der Waals surface area contributed by atoms with E-state index in [0.29, 0.717) is 12.5 Å². The lowest BCUT2D eigenvalue weighted by Crippen LogP contribution is -2.27. The van der Waals surface area contributed by atoms with Crippen molar-refractivity contribution in [3.63, 3.8) is 0 Å². The van der Waals surface area contributed by atoms with Crippen molar-refractivity contribution in [2.45, 2.75) is 57.2 Å². The van der Waals surface area contributed by atoms with Crippen LogP contribution in [0.5, 0.6) is 0 Å². The van der Waals surface area contributed by atoms with Crippen LogP contribution in [0.1, 0.15) is 62.1 Å². The topological polar surface area (TPSA) is 12.0 Å². The number of benzene rings is 1. The number of rotatable bonds is 6. The van der Waals surface area contributed by atoms with Gasteiger partial charge in [0.05, 0.1) is 6.42 Å². The smallest absolute Gasteiger partial charge is 0.310 e. The van der Waals surface area contributed by atoms with Crippen molar-refractivity contribution >= 4 is 0 Å². The van der Waals surface area contributed by atoms with Gasteiger partial charge >= 0.3 is 6.18 Å². The van der Waals surface area contributed by atoms with Crippen molar-refractivity contribution in [3.8, 4) is 0 Å². The van der Waals surface area contributed by atoms with E-state index in [-0.39, 0.29) is 0 Å². The Morgan fingerprint density at radius 1 is 1.30 bits per heavy atom. The highest BCUT2D eigenvalue weighted by Crippen LogP contribution is 2.38. The maximum Gasteiger partial charge on any atom is 0.390 e. The van der Waals surface area contributed by atoms with Crippen LogP contribution in [0.2, 0.25) is 0 Å². The molecule has 112 valence electrons. The lowest BCUT2D eigenvalue weighted by Gasteiger charge is -2.27. The highest BCUT2D eigenvalue weighted by molar-refractivity contribution is 5.29. The summed E-state index contributed by atoms with van der Waals surface area (Å²) in [5.41, 5.74) is 1.96. The highest BCUT2D eigenvalue weighted by Gasteiger charge is 2.32. The Kier molecular flexibility index (Phi) is 5.08. The van der Waals surface area contributed by atoms with Gasteiger partial charge in [-0.15, -0.1) is 0 Å². The predicted molar refractivity (Wildman–Crippen MR) is 74.7 cm³/mol. The number of hydrogen-bond acceptors (Lipinski definition) is 1. The summed E-state index contributed by atoms with van der Waals surface area (Å²) in [6, 6.07) is 7.07. The van der Waals surface area contributed by atoms with Gasteiger partial charge < -0.3 is 5.32 Å². The first-order valence-corrected chi connectivity index (χ1v) is 7.39. The van der Waals surface area contributed by atoms with Gasteiger partial charge in [0.15, 0.2) is 0 Å². The molecule has 2 rings (SSSR count). The third kappa shape index (κ3) is 4.23. The van der Waals surface area contributed by atoms with Gasteiger partial charge in [0.2, 0.25) is 0 Å². The van der Waals surface area contributed by atoms with Crippen molar-refractivity contribution in [2.75, 3.05) is 6.54 Å². The Bertz CT molecular complexity index is 424. The van der Waals surface area contributed by atoms with E-state index in [2.05, 4.69) is 5.32 Å². The van der Waals surface area contributed by atoms with Crippen LogP contribution in [0.3, 0.4) is 0 Å². The fourth-order valence-corrected chi connectivity index (χ4v) is 2.63. The normalized spacial score (nSPS) is 17.8. The van der Waals surface area contributed by atoms with Crippen LogP contribution in [-0.2, 0) is 0 Å². The summed E-state index contributed by atoms with van der Waals surface area (Å²) in [5, 5.41) is 3.02. The summed E-state index contributed by atoms with van der Waals surface area (Å²) in [6.07, 6.45) is -0.559. The molecule has 1 fully saturated rings. The van der Waals surface area contributed by atoms with Crippen LogP contribution < -0.4 is 5.32 Å². The summed E-state index contributed by atoms with van der Waals surface area (Å²) in [7, 11) is 0. The summed E-state index contributed by atoms with van der Waals surface area (Å²) < 4.78 is 38.1. The van der Waals surface area contributed by atoms with Crippen LogP contribution in [0.4, 0.5) is 13.2 Å². The minimum atomic E-state index is -4.14. The SMILES string of the molecule is CCCNC(CC(F)(F)F)c1cccc(C2CCC2)c1. The number of hydrogen-bond donors (Lipinski definition) is 1. The second-order valence-corrected chi connectivity index (χ2v) is 5.62. The predicted octanol–water partition coefficient (Wildman–Crippen LogP) is 4.95. The largest absolute Gasteiger partial charge is 0.390 e. The number of alkyl halides is 3. The second kappa shape index (κ2) is 6.61. The molecule has 1 unspecified atom stereocenters. The molecule has 0 bridgehead atoms. The quantitative estimate of drug-likeness (QED) is 0.780. The van der Waals surface area contributed by atoms with Gasteiger partial charge in [-0.2, -0.15) is 13.2 Å². The van der Waals surface area contributed by atoms with Crippen molar-refractivity contribution in [2.24, 2.45) is 0 Å². The van der Waals surface area contributed by atoms with Crippen LogP contribution in [-0.4, -0.2) is 12.7 Å². The first-order valence-electron chi connectivity index (χ1n) is 7.39. The van der Waals surface area contributed by atoms with Gasteiger partial charge in [0.1, 0.15) is 0 Å². The Balaban J connectivity index is 2.13. The van der Waals surface area contributed by atoms with Gasteiger partial charge in [-0.05, 0) is 42.9 Å². The highest BCUT2D eigenvalue weighted by atomic mass is 19.4. The molecule has 0 aromatic heterocycles. The van der Waals surface area contributed by atoms with Gasteiger partial charge in [-0.3, -0.25) is 0 Å². The maximum atomic E-state index is 12.7. The van der Waals surface area contributed by atoms with Crippen LogP contribution >= 0.6 is 0 Å². The van der Waals surface area contributed by atoms with Crippen LogP contribution in [0.25, 0.3) is 0 Å². The van der Waals surface area contributed by atoms with Crippen LogP contribution in [0, 0.1) is 0 Å². The maximum absolute atomic E-state index is 12.7. The zero-order valence-corrected chi connectivity index (χ0v) is 11.8. The lowest BCUT2D eigenvalue weighted by atomic mass is 9.79. The molecule has 1 atom stereocenters. The van der Waals surface area contributed by atoms with Gasteiger partial charge in [0, 0.05) is 6.04 Å². The van der Waals surface area contributed by atoms with Crippen molar-refractivity contribution in [1.82, 2.24) is 5.32 Å². The Hall–Kier alpha value is -1.03. The average Bonchev–Trinajstić information content (AvgIpc) is 2.31. The average molecular weight is 285 g/mol. The molecule has 4 heteroatoms. The Labute approximate surface area is 118 Å². The zero-order valence-electron chi connectivity index (χ0n) is 11.8. The number of halogens is 3.